The molecule has 44 heavy (non-hydrogen) atoms. The minimum atomic E-state index is -5.50. The van der Waals surface area contributed by atoms with E-state index in [2.05, 4.69) is 19.3 Å². The highest BCUT2D eigenvalue weighted by atomic mass is 32.1. The van der Waals surface area contributed by atoms with E-state index in [1.165, 1.54) is 27.9 Å². The number of fused-ring (bicyclic) bond motifs is 1. The van der Waals surface area contributed by atoms with Gasteiger partial charge in [0.25, 0.3) is 6.23 Å². The Kier molecular flexibility index (Phi) is 9.44. The normalized spacial score (nSPS) is 31.6. The lowest BCUT2D eigenvalue weighted by atomic mass is 10.1. The van der Waals surface area contributed by atoms with E-state index < -0.39 is 77.9 Å². The van der Waals surface area contributed by atoms with Crippen molar-refractivity contribution in [2.24, 2.45) is 5.73 Å². The molecule has 0 radical (unpaired) electrons. The number of rotatable bonds is 11. The van der Waals surface area contributed by atoms with Crippen molar-refractivity contribution < 1.29 is 66.7 Å². The molecular weight excluding hydrogens is 652 g/mol. The molecule has 0 amide bonds. The summed E-state index contributed by atoms with van der Waals surface area (Å²) in [5.74, 6) is 0.0532. The number of phosphoric acid groups is 2. The highest BCUT2D eigenvalue weighted by Gasteiger charge is 2.53. The number of nitrogens with two attached hydrogens (primary N) is 2. The molecule has 10 N–H and O–H groups in total. The third-order valence-corrected chi connectivity index (χ3v) is 9.62. The van der Waals surface area contributed by atoms with Crippen LogP contribution in [-0.4, -0.2) is 105 Å². The van der Waals surface area contributed by atoms with Crippen LogP contribution in [0.2, 0.25) is 0 Å². The molecule has 0 aliphatic carbocycles. The highest BCUT2D eigenvalue weighted by Crippen LogP contribution is 2.62. The summed E-state index contributed by atoms with van der Waals surface area (Å²) in [6, 6.07) is 3.13. The van der Waals surface area contributed by atoms with Gasteiger partial charge in [0.05, 0.1) is 25.1 Å². The Hall–Kier alpha value is -2.59. The van der Waals surface area contributed by atoms with Crippen LogP contribution in [0.4, 0.5) is 5.82 Å². The summed E-state index contributed by atoms with van der Waals surface area (Å²) in [7, 11) is -10.9. The van der Waals surface area contributed by atoms with Crippen molar-refractivity contribution in [2.45, 2.75) is 49.1 Å². The van der Waals surface area contributed by atoms with Gasteiger partial charge in [-0.2, -0.15) is 8.88 Å². The molecule has 0 bridgehead atoms. The quantitative estimate of drug-likeness (QED) is 0.0590. The molecule has 3 aromatic rings. The van der Waals surface area contributed by atoms with Gasteiger partial charge in [-0.15, -0.1) is 0 Å². The number of anilines is 1. The number of ether oxygens (including phenoxy) is 2. The minimum absolute atomic E-state index is 0.0424. The number of aliphatic hydroxyl groups excluding tert-OH is 4. The van der Waals surface area contributed by atoms with Gasteiger partial charge in [-0.1, -0.05) is 12.2 Å². The molecule has 5 rings (SSSR count). The fourth-order valence-electron chi connectivity index (χ4n) is 4.69. The number of thiocarbonyl (C=S) groups is 1. The van der Waals surface area contributed by atoms with Crippen molar-refractivity contribution in [3.8, 4) is 0 Å². The third kappa shape index (κ3) is 6.66. The Bertz CT molecular complexity index is 1630. The van der Waals surface area contributed by atoms with Gasteiger partial charge in [0, 0.05) is 6.07 Å². The Balaban J connectivity index is 1.22. The van der Waals surface area contributed by atoms with Gasteiger partial charge in [0.2, 0.25) is 0 Å². The molecule has 2 aliphatic rings. The number of imidazole rings is 1. The van der Waals surface area contributed by atoms with Crippen molar-refractivity contribution in [3.05, 3.63) is 42.7 Å². The van der Waals surface area contributed by atoms with E-state index in [4.69, 9.17) is 42.2 Å². The number of hydrogen-bond acceptors (Lipinski definition) is 16. The minimum Gasteiger partial charge on any atom is -0.394 e. The number of aliphatic hydroxyl groups is 4. The monoisotopic (exact) mass is 680 g/mol. The van der Waals surface area contributed by atoms with E-state index in [1.54, 1.807) is 12.1 Å². The van der Waals surface area contributed by atoms with E-state index >= 15 is 0 Å². The van der Waals surface area contributed by atoms with Gasteiger partial charge >= 0.3 is 15.6 Å². The zero-order chi connectivity index (χ0) is 32.0. The Morgan fingerprint density at radius 2 is 1.84 bits per heavy atom. The number of nitrogens with zero attached hydrogens (tertiary/aromatic N) is 5. The van der Waals surface area contributed by atoms with Gasteiger partial charge in [0.1, 0.15) is 47.4 Å². The van der Waals surface area contributed by atoms with Crippen molar-refractivity contribution in [3.63, 3.8) is 0 Å². The first kappa shape index (κ1) is 32.8. The van der Waals surface area contributed by atoms with Crippen LogP contribution in [0.3, 0.4) is 0 Å². The van der Waals surface area contributed by atoms with E-state index in [0.29, 0.717) is 5.56 Å². The lowest BCUT2D eigenvalue weighted by Crippen LogP contribution is -2.46. The molecule has 2 aliphatic heterocycles. The van der Waals surface area contributed by atoms with Crippen LogP contribution in [-0.2, 0) is 32.0 Å². The van der Waals surface area contributed by atoms with Crippen LogP contribution in [0.15, 0.2) is 37.2 Å². The largest absolute Gasteiger partial charge is 0.481 e. The zero-order valence-corrected chi connectivity index (χ0v) is 24.8. The smallest absolute Gasteiger partial charge is 0.394 e. The predicted octanol–water partition coefficient (Wildman–Crippen LogP) is -2.48. The maximum atomic E-state index is 12.7. The summed E-state index contributed by atoms with van der Waals surface area (Å²) in [6.07, 6.45) is -6.73. The fourth-order valence-corrected chi connectivity index (χ4v) is 7.10. The first-order chi connectivity index (χ1) is 20.7. The standard InChI is InChI=1S/C21H27N7O13P2S/c22-17-12-19(25-7-24-17)28(8-26-12)21-14(31)13(30)11(39-21)6-37-42(33,34)41-43(35,36)40-16-10(5-29)38-20(15(16)32)27-3-1-2-9(4-27)18(23)44/h1-4,7-8,10-11,13-16,20-21,29-32H,5-6H2,(H5-,22,23,24,25,33,34,35,36,44)/p+1. The molecule has 240 valence electrons. The van der Waals surface area contributed by atoms with Crippen LogP contribution >= 0.6 is 27.9 Å². The zero-order valence-electron chi connectivity index (χ0n) is 22.2. The number of pyridine rings is 1. The van der Waals surface area contributed by atoms with E-state index in [1.807, 2.05) is 0 Å². The average molecular weight is 681 g/mol. The Morgan fingerprint density at radius 1 is 1.09 bits per heavy atom. The van der Waals surface area contributed by atoms with Crippen LogP contribution in [0.25, 0.3) is 11.2 Å². The lowest BCUT2D eigenvalue weighted by Gasteiger charge is -2.23. The van der Waals surface area contributed by atoms with Crippen molar-refractivity contribution in [2.75, 3.05) is 18.9 Å². The van der Waals surface area contributed by atoms with E-state index in [0.717, 1.165) is 6.33 Å². The molecule has 0 saturated carbocycles. The van der Waals surface area contributed by atoms with Crippen LogP contribution < -0.4 is 16.0 Å². The number of phosphoric ester groups is 2. The number of aromatic nitrogens is 5. The Labute approximate surface area is 252 Å². The maximum Gasteiger partial charge on any atom is 0.481 e. The maximum absolute atomic E-state index is 12.7. The molecule has 5 heterocycles. The first-order valence-electron chi connectivity index (χ1n) is 12.6. The van der Waals surface area contributed by atoms with Crippen molar-refractivity contribution in [1.82, 2.24) is 19.5 Å². The number of hydrogen-bond donors (Lipinski definition) is 8. The predicted molar refractivity (Wildman–Crippen MR) is 147 cm³/mol. The van der Waals surface area contributed by atoms with Crippen LogP contribution in [0.1, 0.15) is 18.0 Å². The molecule has 10 atom stereocenters. The molecule has 10 unspecified atom stereocenters. The van der Waals surface area contributed by atoms with E-state index in [9.17, 15) is 39.3 Å². The number of nitrogen functional groups attached to an aromatic ring is 1. The molecule has 3 aromatic heterocycles. The van der Waals surface area contributed by atoms with Crippen molar-refractivity contribution in [1.29, 1.82) is 0 Å². The molecule has 0 spiro atoms. The SMILES string of the molecule is NC(=S)c1ccc[n+](C2OC(CO)C(OP(=O)(O)OP(=O)(O)OCC3OC(n4cnc5c(N)ncnc54)C(O)C3O)C2O)c1. The summed E-state index contributed by atoms with van der Waals surface area (Å²) in [4.78, 5) is 32.3. The second-order valence-corrected chi connectivity index (χ2v) is 13.1. The molecule has 2 fully saturated rings. The van der Waals surface area contributed by atoms with Gasteiger partial charge in [-0.25, -0.2) is 24.1 Å². The molecule has 2 saturated heterocycles. The van der Waals surface area contributed by atoms with Gasteiger partial charge in [0.15, 0.2) is 36.2 Å². The first-order valence-corrected chi connectivity index (χ1v) is 16.0. The van der Waals surface area contributed by atoms with Crippen LogP contribution in [0, 0.1) is 0 Å². The molecule has 0 aromatic carbocycles. The summed E-state index contributed by atoms with van der Waals surface area (Å²) < 4.78 is 53.0. The van der Waals surface area contributed by atoms with Gasteiger partial charge in [-0.3, -0.25) is 13.6 Å². The fraction of sp³-hybridized carbons (Fsp3) is 0.476. The summed E-state index contributed by atoms with van der Waals surface area (Å²) in [6.45, 7) is -1.69. The summed E-state index contributed by atoms with van der Waals surface area (Å²) in [5, 5.41) is 41.5. The molecule has 23 heteroatoms. The second kappa shape index (κ2) is 12.7. The topological polar surface area (TPSA) is 301 Å². The third-order valence-electron chi connectivity index (χ3n) is 6.75. The summed E-state index contributed by atoms with van der Waals surface area (Å²) in [5.41, 5.74) is 12.2. The highest BCUT2D eigenvalue weighted by molar-refractivity contribution is 7.80. The van der Waals surface area contributed by atoms with Crippen molar-refractivity contribution >= 4 is 49.8 Å². The lowest BCUT2D eigenvalue weighted by molar-refractivity contribution is -0.765. The van der Waals surface area contributed by atoms with E-state index in [-0.39, 0.29) is 22.0 Å². The Morgan fingerprint density at radius 3 is 2.55 bits per heavy atom. The second-order valence-electron chi connectivity index (χ2n) is 9.66. The summed E-state index contributed by atoms with van der Waals surface area (Å²) >= 11 is 4.93. The van der Waals surface area contributed by atoms with Gasteiger partial charge < -0.3 is 51.2 Å². The van der Waals surface area contributed by atoms with Crippen LogP contribution in [0.5, 0.6) is 0 Å². The molecule has 20 nitrogen and oxygen atoms in total. The van der Waals surface area contributed by atoms with Gasteiger partial charge in [-0.05, 0) is 6.07 Å². The average Bonchev–Trinajstić information content (AvgIpc) is 3.61. The molecular formula is C21H28N7O13P2S+.